The molecule has 1 unspecified atom stereocenters. The van der Waals surface area contributed by atoms with E-state index in [4.69, 9.17) is 11.6 Å². The third-order valence-electron chi connectivity index (χ3n) is 3.97. The average molecular weight is 312 g/mol. The fourth-order valence-corrected chi connectivity index (χ4v) is 2.99. The molecule has 0 radical (unpaired) electrons. The van der Waals surface area contributed by atoms with E-state index in [9.17, 15) is 14.0 Å². The molecule has 2 heterocycles. The number of nitrogens with one attached hydrogen (secondary N) is 2. The largest absolute Gasteiger partial charge is 0.325 e. The molecule has 3 rings (SSSR count). The lowest BCUT2D eigenvalue weighted by Gasteiger charge is -2.31. The van der Waals surface area contributed by atoms with E-state index in [1.54, 1.807) is 0 Å². The molecule has 1 aromatic carbocycles. The number of piperidine rings is 1. The van der Waals surface area contributed by atoms with Crippen LogP contribution in [0.1, 0.15) is 18.4 Å². The van der Waals surface area contributed by atoms with E-state index >= 15 is 0 Å². The highest BCUT2D eigenvalue weighted by Crippen LogP contribution is 2.27. The number of carbonyl (C=O) groups excluding carboxylic acids is 2. The number of halogens is 2. The molecule has 0 aromatic heterocycles. The van der Waals surface area contributed by atoms with Gasteiger partial charge in [0.1, 0.15) is 11.4 Å². The molecule has 0 aliphatic carbocycles. The maximum atomic E-state index is 13.8. The van der Waals surface area contributed by atoms with Crippen molar-refractivity contribution in [2.45, 2.75) is 24.9 Å². The Morgan fingerprint density at radius 2 is 2.19 bits per heavy atom. The number of hydrogen-bond acceptors (Lipinski definition) is 3. The molecule has 7 heteroatoms. The van der Waals surface area contributed by atoms with E-state index < -0.39 is 17.4 Å². The van der Waals surface area contributed by atoms with Crippen LogP contribution in [0.25, 0.3) is 0 Å². The monoisotopic (exact) mass is 311 g/mol. The summed E-state index contributed by atoms with van der Waals surface area (Å²) in [4.78, 5) is 25.7. The first-order valence-electron chi connectivity index (χ1n) is 6.81. The number of nitrogens with zero attached hydrogens (tertiary/aromatic N) is 1. The van der Waals surface area contributed by atoms with Gasteiger partial charge in [-0.05, 0) is 31.5 Å². The molecular formula is C14H15ClFN3O2. The van der Waals surface area contributed by atoms with Gasteiger partial charge in [0.2, 0.25) is 0 Å². The van der Waals surface area contributed by atoms with Gasteiger partial charge in [0.25, 0.3) is 5.91 Å². The van der Waals surface area contributed by atoms with Crippen molar-refractivity contribution in [3.05, 3.63) is 34.6 Å². The Kier molecular flexibility index (Phi) is 3.59. The van der Waals surface area contributed by atoms with Crippen LogP contribution in [0.2, 0.25) is 5.02 Å². The highest BCUT2D eigenvalue weighted by molar-refractivity contribution is 6.30. The Hall–Kier alpha value is -1.66. The van der Waals surface area contributed by atoms with Gasteiger partial charge < -0.3 is 10.6 Å². The molecule has 2 N–H and O–H groups in total. The zero-order valence-electron chi connectivity index (χ0n) is 11.3. The molecule has 3 amide bonds. The van der Waals surface area contributed by atoms with Gasteiger partial charge in [-0.15, -0.1) is 0 Å². The van der Waals surface area contributed by atoms with Crippen molar-refractivity contribution in [3.63, 3.8) is 0 Å². The number of hydrogen-bond donors (Lipinski definition) is 2. The smallest absolute Gasteiger partial charge is 0.322 e. The third-order valence-corrected chi connectivity index (χ3v) is 4.21. The molecule has 2 fully saturated rings. The molecule has 0 saturated carbocycles. The summed E-state index contributed by atoms with van der Waals surface area (Å²) >= 11 is 5.70. The Balaban J connectivity index is 1.82. The van der Waals surface area contributed by atoms with E-state index in [-0.39, 0.29) is 23.0 Å². The molecule has 5 nitrogen and oxygen atoms in total. The van der Waals surface area contributed by atoms with E-state index in [2.05, 4.69) is 10.6 Å². The summed E-state index contributed by atoms with van der Waals surface area (Å²) in [6.45, 7) is 1.16. The Labute approximate surface area is 126 Å². The zero-order chi connectivity index (χ0) is 15.0. The van der Waals surface area contributed by atoms with Crippen LogP contribution in [-0.4, -0.2) is 35.5 Å². The first-order chi connectivity index (χ1) is 10.0. The van der Waals surface area contributed by atoms with Crippen LogP contribution in [0.5, 0.6) is 0 Å². The van der Waals surface area contributed by atoms with Crippen molar-refractivity contribution in [2.75, 3.05) is 13.1 Å². The van der Waals surface area contributed by atoms with Crippen LogP contribution in [0, 0.1) is 5.82 Å². The molecule has 21 heavy (non-hydrogen) atoms. The van der Waals surface area contributed by atoms with Gasteiger partial charge in [-0.2, -0.15) is 0 Å². The predicted molar refractivity (Wildman–Crippen MR) is 75.3 cm³/mol. The second-order valence-electron chi connectivity index (χ2n) is 5.42. The zero-order valence-corrected chi connectivity index (χ0v) is 12.0. The number of imide groups is 1. The molecule has 0 bridgehead atoms. The van der Waals surface area contributed by atoms with Crippen LogP contribution in [0.4, 0.5) is 9.18 Å². The van der Waals surface area contributed by atoms with Crippen molar-refractivity contribution in [1.29, 1.82) is 0 Å². The first kappa shape index (κ1) is 14.3. The molecule has 1 atom stereocenters. The van der Waals surface area contributed by atoms with Gasteiger partial charge in [-0.1, -0.05) is 17.7 Å². The van der Waals surface area contributed by atoms with Crippen LogP contribution >= 0.6 is 11.6 Å². The maximum Gasteiger partial charge on any atom is 0.325 e. The van der Waals surface area contributed by atoms with Crippen LogP contribution < -0.4 is 10.6 Å². The molecule has 112 valence electrons. The van der Waals surface area contributed by atoms with Gasteiger partial charge in [0.05, 0.1) is 6.54 Å². The van der Waals surface area contributed by atoms with E-state index in [1.165, 1.54) is 18.2 Å². The highest BCUT2D eigenvalue weighted by Gasteiger charge is 2.51. The minimum Gasteiger partial charge on any atom is -0.322 e. The quantitative estimate of drug-likeness (QED) is 0.817. The van der Waals surface area contributed by atoms with Crippen molar-refractivity contribution in [3.8, 4) is 0 Å². The predicted octanol–water partition coefficient (Wildman–Crippen LogP) is 1.65. The van der Waals surface area contributed by atoms with Crippen LogP contribution in [0.15, 0.2) is 18.2 Å². The fourth-order valence-electron chi connectivity index (χ4n) is 2.83. The molecule has 2 aliphatic heterocycles. The number of urea groups is 1. The number of amides is 3. The lowest BCUT2D eigenvalue weighted by atomic mass is 9.90. The average Bonchev–Trinajstić information content (AvgIpc) is 2.67. The third kappa shape index (κ3) is 2.49. The van der Waals surface area contributed by atoms with E-state index in [0.29, 0.717) is 13.0 Å². The maximum absolute atomic E-state index is 13.8. The van der Waals surface area contributed by atoms with Crippen molar-refractivity contribution < 1.29 is 14.0 Å². The van der Waals surface area contributed by atoms with Gasteiger partial charge in [-0.25, -0.2) is 9.18 Å². The summed E-state index contributed by atoms with van der Waals surface area (Å²) in [6.07, 6.45) is 1.42. The standard InChI is InChI=1S/C14H15ClFN3O2/c15-10-3-2-9(11(16)6-10)7-19-12(20)14(18-13(19)21)4-1-5-17-8-14/h2-3,6,17H,1,4-5,7-8H2,(H,18,21). The van der Waals surface area contributed by atoms with Crippen LogP contribution in [0.3, 0.4) is 0 Å². The minimum absolute atomic E-state index is 0.0879. The van der Waals surface area contributed by atoms with Crippen molar-refractivity contribution in [2.24, 2.45) is 0 Å². The highest BCUT2D eigenvalue weighted by atomic mass is 35.5. The summed E-state index contributed by atoms with van der Waals surface area (Å²) < 4.78 is 13.8. The second-order valence-corrected chi connectivity index (χ2v) is 5.86. The van der Waals surface area contributed by atoms with Crippen LogP contribution in [-0.2, 0) is 11.3 Å². The first-order valence-corrected chi connectivity index (χ1v) is 7.18. The summed E-state index contributed by atoms with van der Waals surface area (Å²) in [5.41, 5.74) is -0.609. The summed E-state index contributed by atoms with van der Waals surface area (Å²) in [6, 6.07) is 3.73. The topological polar surface area (TPSA) is 61.4 Å². The van der Waals surface area contributed by atoms with Gasteiger partial charge in [0, 0.05) is 17.1 Å². The summed E-state index contributed by atoms with van der Waals surface area (Å²) in [5, 5.41) is 6.14. The molecule has 2 saturated heterocycles. The summed E-state index contributed by atoms with van der Waals surface area (Å²) in [5.74, 6) is -0.820. The van der Waals surface area contributed by atoms with Gasteiger partial charge in [0.15, 0.2) is 0 Å². The molecule has 1 aromatic rings. The van der Waals surface area contributed by atoms with Gasteiger partial charge >= 0.3 is 6.03 Å². The van der Waals surface area contributed by atoms with E-state index in [0.717, 1.165) is 17.9 Å². The number of benzene rings is 1. The minimum atomic E-state index is -0.877. The van der Waals surface area contributed by atoms with E-state index in [1.807, 2.05) is 0 Å². The Morgan fingerprint density at radius 3 is 2.86 bits per heavy atom. The lowest BCUT2D eigenvalue weighted by Crippen LogP contribution is -2.57. The second kappa shape index (κ2) is 5.27. The molecular weight excluding hydrogens is 297 g/mol. The normalized spacial score (nSPS) is 25.5. The Morgan fingerprint density at radius 1 is 1.38 bits per heavy atom. The lowest BCUT2D eigenvalue weighted by molar-refractivity contribution is -0.132. The number of rotatable bonds is 2. The Bertz CT molecular complexity index is 602. The SMILES string of the molecule is O=C1NC2(CCCNC2)C(=O)N1Cc1ccc(Cl)cc1F. The molecule has 1 spiro atoms. The van der Waals surface area contributed by atoms with Crippen molar-refractivity contribution >= 4 is 23.5 Å². The summed E-state index contributed by atoms with van der Waals surface area (Å²) in [7, 11) is 0. The van der Waals surface area contributed by atoms with Gasteiger partial charge in [-0.3, -0.25) is 9.69 Å². The molecule has 2 aliphatic rings. The fraction of sp³-hybridized carbons (Fsp3) is 0.429. The van der Waals surface area contributed by atoms with Crippen molar-refractivity contribution in [1.82, 2.24) is 15.5 Å². The number of carbonyl (C=O) groups is 2.